The Labute approximate surface area is 322 Å². The van der Waals surface area contributed by atoms with Crippen LogP contribution in [-0.4, -0.2) is 65.3 Å². The first-order valence-electron chi connectivity index (χ1n) is 15.6. The van der Waals surface area contributed by atoms with Gasteiger partial charge in [-0.25, -0.2) is 9.97 Å². The Balaban J connectivity index is 0.00000351. The van der Waals surface area contributed by atoms with Gasteiger partial charge in [-0.3, -0.25) is 9.59 Å². The molecule has 1 aliphatic rings. The minimum atomic E-state index is -1.11. The maximum absolute atomic E-state index is 12.2. The molecule has 0 aliphatic carbocycles. The summed E-state index contributed by atoms with van der Waals surface area (Å²) in [6.45, 7) is 5.22. The number of thiazole rings is 1. The fourth-order valence-corrected chi connectivity index (χ4v) is 7.14. The van der Waals surface area contributed by atoms with E-state index in [-0.39, 0.29) is 31.4 Å². The summed E-state index contributed by atoms with van der Waals surface area (Å²) in [6, 6.07) is 17.8. The van der Waals surface area contributed by atoms with Gasteiger partial charge in [0.25, 0.3) is 0 Å². The van der Waals surface area contributed by atoms with Crippen molar-refractivity contribution in [2.45, 2.75) is 49.6 Å². The number of carboxylic acid groups (broad SMARTS) is 1. The van der Waals surface area contributed by atoms with E-state index < -0.39 is 24.0 Å². The Kier molecular flexibility index (Phi) is 15.8. The number of hydrogen-bond donors (Lipinski definition) is 3. The van der Waals surface area contributed by atoms with Gasteiger partial charge in [0.05, 0.1) is 17.3 Å². The molecule has 1 aliphatic heterocycles. The van der Waals surface area contributed by atoms with Crippen molar-refractivity contribution >= 4 is 77.2 Å². The second kappa shape index (κ2) is 19.5. The summed E-state index contributed by atoms with van der Waals surface area (Å²) in [5.74, 6) is 0.126. The lowest BCUT2D eigenvalue weighted by Crippen LogP contribution is -2.48. The molecule has 1 amide bonds. The molecule has 0 saturated carbocycles. The van der Waals surface area contributed by atoms with Crippen LogP contribution in [-0.2, 0) is 15.3 Å². The number of nitrogens with one attached hydrogen (secondary N) is 2. The van der Waals surface area contributed by atoms with Gasteiger partial charge in [-0.15, -0.1) is 36.2 Å². The van der Waals surface area contributed by atoms with Crippen LogP contribution in [0.3, 0.4) is 0 Å². The van der Waals surface area contributed by atoms with Crippen LogP contribution < -0.4 is 20.3 Å². The van der Waals surface area contributed by atoms with Crippen LogP contribution >= 0.6 is 59.5 Å². The van der Waals surface area contributed by atoms with Gasteiger partial charge in [0.1, 0.15) is 52.0 Å². The van der Waals surface area contributed by atoms with E-state index >= 15 is 0 Å². The zero-order valence-corrected chi connectivity index (χ0v) is 31.7. The number of hydrogen-bond acceptors (Lipinski definition) is 11. The smallest absolute Gasteiger partial charge is 0.325 e. The average molecular weight is 789 g/mol. The molecule has 1 saturated heterocycles. The molecule has 3 heterocycles. The van der Waals surface area contributed by atoms with Gasteiger partial charge in [0.2, 0.25) is 5.91 Å². The Morgan fingerprint density at radius 1 is 1.00 bits per heavy atom. The number of aliphatic carboxylic acids is 1. The van der Waals surface area contributed by atoms with Crippen molar-refractivity contribution in [2.75, 3.05) is 31.1 Å². The highest BCUT2D eigenvalue weighted by atomic mass is 35.5. The molecular formula is C35H36Cl3N7O4S2. The predicted octanol–water partition coefficient (Wildman–Crippen LogP) is 6.95. The van der Waals surface area contributed by atoms with Crippen LogP contribution in [0.25, 0.3) is 21.7 Å². The Morgan fingerprint density at radius 3 is 2.27 bits per heavy atom. The van der Waals surface area contributed by atoms with E-state index in [0.29, 0.717) is 56.2 Å². The van der Waals surface area contributed by atoms with E-state index in [1.54, 1.807) is 19.1 Å². The third-order valence-corrected chi connectivity index (χ3v) is 10.1. The van der Waals surface area contributed by atoms with E-state index in [4.69, 9.17) is 31.4 Å². The van der Waals surface area contributed by atoms with Gasteiger partial charge in [-0.2, -0.15) is 10.5 Å². The predicted molar refractivity (Wildman–Crippen MR) is 205 cm³/mol. The SMILES string of the molecule is CC(NC(=O)C(C)NCCOc1ccc(-c2c(C#N)c(SCc3csc(-c4ccc(Cl)cc4)n3)nc(N3CCCC3)c2C#N)cc1)C(=O)O.Cl.Cl. The van der Waals surface area contributed by atoms with E-state index in [9.17, 15) is 20.1 Å². The first kappa shape index (κ1) is 41.3. The molecule has 4 aromatic rings. The molecule has 2 unspecified atom stereocenters. The number of carbonyl (C=O) groups is 2. The van der Waals surface area contributed by atoms with Gasteiger partial charge in [0.15, 0.2) is 0 Å². The highest BCUT2D eigenvalue weighted by Gasteiger charge is 2.26. The van der Waals surface area contributed by atoms with Crippen molar-refractivity contribution in [1.82, 2.24) is 20.6 Å². The van der Waals surface area contributed by atoms with Crippen LogP contribution in [0.2, 0.25) is 5.02 Å². The maximum atomic E-state index is 12.2. The second-order valence-electron chi connectivity index (χ2n) is 11.3. The first-order chi connectivity index (χ1) is 23.7. The topological polar surface area (TPSA) is 164 Å². The third kappa shape index (κ3) is 10.5. The number of nitrogens with zero attached hydrogens (tertiary/aromatic N) is 5. The van der Waals surface area contributed by atoms with Gasteiger partial charge in [-0.1, -0.05) is 47.6 Å². The number of carbonyl (C=O) groups excluding carboxylic acids is 1. The molecule has 3 N–H and O–H groups in total. The molecule has 0 radical (unpaired) electrons. The highest BCUT2D eigenvalue weighted by Crippen LogP contribution is 2.40. The molecule has 5 rings (SSSR count). The number of aromatic nitrogens is 2. The monoisotopic (exact) mass is 787 g/mol. The molecule has 2 atom stereocenters. The van der Waals surface area contributed by atoms with Crippen molar-refractivity contribution in [3.05, 3.63) is 75.8 Å². The van der Waals surface area contributed by atoms with Crippen molar-refractivity contribution in [3.63, 3.8) is 0 Å². The van der Waals surface area contributed by atoms with Gasteiger partial charge in [0, 0.05) is 46.9 Å². The lowest BCUT2D eigenvalue weighted by atomic mass is 9.96. The van der Waals surface area contributed by atoms with Crippen LogP contribution in [0.1, 0.15) is 43.5 Å². The second-order valence-corrected chi connectivity index (χ2v) is 13.6. The Morgan fingerprint density at radius 2 is 1.65 bits per heavy atom. The summed E-state index contributed by atoms with van der Waals surface area (Å²) >= 11 is 9.01. The van der Waals surface area contributed by atoms with Gasteiger partial charge >= 0.3 is 5.97 Å². The molecular weight excluding hydrogens is 753 g/mol. The standard InChI is InChI=1S/C35H34ClN7O4S2.2ClH/c1-21(32(44)40-22(2)35(45)46)39-13-16-47-27-11-7-23(8-12-27)30-28(17-37)31(43-14-3-4-15-43)42-34(29(30)18-38)49-20-26-19-48-33(41-26)24-5-9-25(36)10-6-24;;/h5-12,19,21-22,39H,3-4,13-16,20H2,1-2H3,(H,40,44)(H,45,46);2*1H. The third-order valence-electron chi connectivity index (χ3n) is 7.86. The number of amides is 1. The minimum absolute atomic E-state index is 0. The summed E-state index contributed by atoms with van der Waals surface area (Å²) in [4.78, 5) is 35.0. The molecule has 2 aromatic carbocycles. The van der Waals surface area contributed by atoms with E-state index in [0.717, 1.165) is 42.2 Å². The Hall–Kier alpha value is -4.08. The molecule has 0 spiro atoms. The zero-order valence-electron chi connectivity index (χ0n) is 27.7. The molecule has 11 nitrogen and oxygen atoms in total. The molecule has 268 valence electrons. The summed E-state index contributed by atoms with van der Waals surface area (Å²) in [5, 5.41) is 39.3. The first-order valence-corrected chi connectivity index (χ1v) is 17.9. The van der Waals surface area contributed by atoms with E-state index in [1.807, 2.05) is 41.8 Å². The van der Waals surface area contributed by atoms with Gasteiger partial charge in [-0.05, 0) is 56.5 Å². The number of halogens is 3. The van der Waals surface area contributed by atoms with Crippen LogP contribution in [0.5, 0.6) is 5.75 Å². The number of anilines is 1. The number of benzene rings is 2. The van der Waals surface area contributed by atoms with Crippen LogP contribution in [0.4, 0.5) is 5.82 Å². The molecule has 1 fully saturated rings. The fraction of sp³-hybridized carbons (Fsp3) is 0.314. The van der Waals surface area contributed by atoms with Crippen molar-refractivity contribution < 1.29 is 19.4 Å². The van der Waals surface area contributed by atoms with E-state index in [1.165, 1.54) is 30.0 Å². The fourth-order valence-electron chi connectivity index (χ4n) is 5.21. The van der Waals surface area contributed by atoms with Crippen molar-refractivity contribution in [3.8, 4) is 39.6 Å². The largest absolute Gasteiger partial charge is 0.492 e. The summed E-state index contributed by atoms with van der Waals surface area (Å²) < 4.78 is 5.86. The zero-order chi connectivity index (χ0) is 34.9. The summed E-state index contributed by atoms with van der Waals surface area (Å²) in [6.07, 6.45) is 2.00. The quantitative estimate of drug-likeness (QED) is 0.0895. The van der Waals surface area contributed by atoms with Crippen LogP contribution in [0.15, 0.2) is 58.9 Å². The van der Waals surface area contributed by atoms with Crippen molar-refractivity contribution in [1.29, 1.82) is 10.5 Å². The Bertz CT molecular complexity index is 1890. The summed E-state index contributed by atoms with van der Waals surface area (Å²) in [7, 11) is 0. The number of thioether (sulfide) groups is 1. The molecule has 16 heteroatoms. The lowest BCUT2D eigenvalue weighted by Gasteiger charge is -2.22. The number of nitriles is 2. The lowest BCUT2D eigenvalue weighted by molar-refractivity contribution is -0.141. The van der Waals surface area contributed by atoms with Crippen molar-refractivity contribution in [2.24, 2.45) is 0 Å². The molecule has 2 aromatic heterocycles. The number of carboxylic acids is 1. The number of pyridine rings is 1. The summed E-state index contributed by atoms with van der Waals surface area (Å²) in [5.41, 5.74) is 3.77. The van der Waals surface area contributed by atoms with Gasteiger partial charge < -0.3 is 25.4 Å². The normalized spacial score (nSPS) is 13.2. The highest BCUT2D eigenvalue weighted by molar-refractivity contribution is 7.98. The number of rotatable bonds is 14. The maximum Gasteiger partial charge on any atom is 0.325 e. The average Bonchev–Trinajstić information content (AvgIpc) is 3.82. The molecule has 0 bridgehead atoms. The molecule has 51 heavy (non-hydrogen) atoms. The van der Waals surface area contributed by atoms with Crippen LogP contribution in [0, 0.1) is 22.7 Å². The number of ether oxygens (including phenoxy) is 1. The minimum Gasteiger partial charge on any atom is -0.492 e. The van der Waals surface area contributed by atoms with E-state index in [2.05, 4.69) is 27.7 Å².